The van der Waals surface area contributed by atoms with Gasteiger partial charge in [0.25, 0.3) is 0 Å². The molecule has 0 saturated heterocycles. The topological polar surface area (TPSA) is 51.2 Å². The molecule has 0 aliphatic heterocycles. The molecule has 15 heavy (non-hydrogen) atoms. The van der Waals surface area contributed by atoms with Gasteiger partial charge in [0, 0.05) is 18.3 Å². The monoisotopic (exact) mass is 210 g/mol. The van der Waals surface area contributed by atoms with E-state index in [1.807, 2.05) is 6.92 Å². The largest absolute Gasteiger partial charge is 0.298 e. The van der Waals surface area contributed by atoms with Crippen LogP contribution in [0.25, 0.3) is 0 Å². The summed E-state index contributed by atoms with van der Waals surface area (Å²) in [5.41, 5.74) is -0.615. The van der Waals surface area contributed by atoms with Crippen LogP contribution in [-0.4, -0.2) is 17.3 Å². The van der Waals surface area contributed by atoms with E-state index >= 15 is 0 Å². The smallest absolute Gasteiger partial charge is 0.156 e. The van der Waals surface area contributed by atoms with Crippen molar-refractivity contribution in [3.05, 3.63) is 0 Å². The number of ketones is 3. The van der Waals surface area contributed by atoms with Crippen LogP contribution in [0.5, 0.6) is 0 Å². The van der Waals surface area contributed by atoms with Crippen molar-refractivity contribution in [1.29, 1.82) is 0 Å². The molecule has 0 spiro atoms. The predicted molar refractivity (Wildman–Crippen MR) is 56.4 cm³/mol. The van der Waals surface area contributed by atoms with E-state index in [-0.39, 0.29) is 23.3 Å². The Bertz CT molecular complexity index is 291. The van der Waals surface area contributed by atoms with E-state index in [0.29, 0.717) is 12.8 Å². The summed E-state index contributed by atoms with van der Waals surface area (Å²) in [6, 6.07) is 0. The number of rotatable bonds is 1. The van der Waals surface area contributed by atoms with Gasteiger partial charge in [0.15, 0.2) is 17.3 Å². The third-order valence-corrected chi connectivity index (χ3v) is 2.74. The summed E-state index contributed by atoms with van der Waals surface area (Å²) in [6.07, 6.45) is 0.719. The van der Waals surface area contributed by atoms with Crippen LogP contribution < -0.4 is 0 Å². The zero-order valence-electron chi connectivity index (χ0n) is 9.79. The van der Waals surface area contributed by atoms with Gasteiger partial charge in [-0.25, -0.2) is 0 Å². The van der Waals surface area contributed by atoms with E-state index in [2.05, 4.69) is 0 Å². The average Bonchev–Trinajstić information content (AvgIpc) is 1.99. The standard InChI is InChI=1S/C12H18O3/c1-7-5-8(13)10(9(14)6-7)11(15)12(2,3)4/h7,10H,5-6H2,1-4H3. The van der Waals surface area contributed by atoms with Gasteiger partial charge in [-0.3, -0.25) is 14.4 Å². The van der Waals surface area contributed by atoms with Crippen LogP contribution in [0.15, 0.2) is 0 Å². The Morgan fingerprint density at radius 1 is 1.13 bits per heavy atom. The number of carbonyl (C=O) groups excluding carboxylic acids is 3. The Kier molecular flexibility index (Phi) is 3.12. The maximum Gasteiger partial charge on any atom is 0.156 e. The summed E-state index contributed by atoms with van der Waals surface area (Å²) in [5.74, 6) is -1.52. The van der Waals surface area contributed by atoms with Crippen molar-refractivity contribution in [2.75, 3.05) is 0 Å². The zero-order chi connectivity index (χ0) is 11.8. The summed E-state index contributed by atoms with van der Waals surface area (Å²) < 4.78 is 0. The molecule has 0 aromatic carbocycles. The van der Waals surface area contributed by atoms with Gasteiger partial charge in [0.05, 0.1) is 0 Å². The molecular formula is C12H18O3. The average molecular weight is 210 g/mol. The summed E-state index contributed by atoms with van der Waals surface area (Å²) >= 11 is 0. The number of carbonyl (C=O) groups is 3. The van der Waals surface area contributed by atoms with E-state index < -0.39 is 11.3 Å². The van der Waals surface area contributed by atoms with Crippen molar-refractivity contribution in [2.45, 2.75) is 40.5 Å². The Labute approximate surface area is 90.2 Å². The normalized spacial score (nSPS) is 28.0. The first kappa shape index (κ1) is 12.1. The van der Waals surface area contributed by atoms with Crippen molar-refractivity contribution in [3.63, 3.8) is 0 Å². The van der Waals surface area contributed by atoms with Crippen molar-refractivity contribution < 1.29 is 14.4 Å². The molecule has 3 nitrogen and oxygen atoms in total. The molecule has 0 unspecified atom stereocenters. The Morgan fingerprint density at radius 3 is 1.87 bits per heavy atom. The fourth-order valence-corrected chi connectivity index (χ4v) is 1.90. The highest BCUT2D eigenvalue weighted by molar-refractivity contribution is 6.21. The van der Waals surface area contributed by atoms with E-state index in [9.17, 15) is 14.4 Å². The lowest BCUT2D eigenvalue weighted by Gasteiger charge is -2.27. The quantitative estimate of drug-likeness (QED) is 0.620. The molecule has 1 rings (SSSR count). The van der Waals surface area contributed by atoms with E-state index in [1.165, 1.54) is 0 Å². The van der Waals surface area contributed by atoms with Crippen LogP contribution in [-0.2, 0) is 14.4 Å². The summed E-state index contributed by atoms with van der Waals surface area (Å²) in [4.78, 5) is 35.2. The second-order valence-electron chi connectivity index (χ2n) is 5.49. The maximum atomic E-state index is 11.9. The minimum absolute atomic E-state index is 0.0917. The molecule has 1 fully saturated rings. The molecule has 0 aromatic rings. The third kappa shape index (κ3) is 2.52. The molecule has 0 radical (unpaired) electrons. The van der Waals surface area contributed by atoms with Gasteiger partial charge in [0.1, 0.15) is 5.92 Å². The summed E-state index contributed by atoms with van der Waals surface area (Å²) in [6.45, 7) is 7.10. The Morgan fingerprint density at radius 2 is 1.53 bits per heavy atom. The summed E-state index contributed by atoms with van der Waals surface area (Å²) in [7, 11) is 0. The molecule has 84 valence electrons. The van der Waals surface area contributed by atoms with Crippen LogP contribution in [0.1, 0.15) is 40.5 Å². The molecule has 0 amide bonds. The lowest BCUT2D eigenvalue weighted by molar-refractivity contribution is -0.146. The summed E-state index contributed by atoms with van der Waals surface area (Å²) in [5, 5.41) is 0. The van der Waals surface area contributed by atoms with Crippen molar-refractivity contribution >= 4 is 17.3 Å². The Hall–Kier alpha value is -0.990. The highest BCUT2D eigenvalue weighted by Crippen LogP contribution is 2.29. The van der Waals surface area contributed by atoms with Gasteiger partial charge in [0.2, 0.25) is 0 Å². The first-order valence-corrected chi connectivity index (χ1v) is 5.33. The van der Waals surface area contributed by atoms with Gasteiger partial charge in [-0.1, -0.05) is 27.7 Å². The number of hydrogen-bond acceptors (Lipinski definition) is 3. The maximum absolute atomic E-state index is 11.9. The second-order valence-corrected chi connectivity index (χ2v) is 5.49. The molecular weight excluding hydrogens is 192 g/mol. The SMILES string of the molecule is CC1CC(=O)C(C(=O)C(C)(C)C)C(=O)C1. The van der Waals surface area contributed by atoms with E-state index in [4.69, 9.17) is 0 Å². The first-order chi connectivity index (χ1) is 6.73. The lowest BCUT2D eigenvalue weighted by Crippen LogP contribution is -2.42. The molecule has 1 aliphatic rings. The van der Waals surface area contributed by atoms with Crippen molar-refractivity contribution in [1.82, 2.24) is 0 Å². The van der Waals surface area contributed by atoms with Crippen molar-refractivity contribution in [3.8, 4) is 0 Å². The van der Waals surface area contributed by atoms with E-state index in [1.54, 1.807) is 20.8 Å². The van der Waals surface area contributed by atoms with Crippen LogP contribution in [0.3, 0.4) is 0 Å². The molecule has 0 heterocycles. The van der Waals surface area contributed by atoms with E-state index in [0.717, 1.165) is 0 Å². The molecule has 1 aliphatic carbocycles. The lowest BCUT2D eigenvalue weighted by atomic mass is 9.72. The minimum Gasteiger partial charge on any atom is -0.298 e. The van der Waals surface area contributed by atoms with Gasteiger partial charge in [-0.2, -0.15) is 0 Å². The minimum atomic E-state index is -0.985. The van der Waals surface area contributed by atoms with Crippen LogP contribution in [0.4, 0.5) is 0 Å². The van der Waals surface area contributed by atoms with Gasteiger partial charge in [-0.05, 0) is 5.92 Å². The first-order valence-electron chi connectivity index (χ1n) is 5.33. The Balaban J connectivity index is 2.91. The van der Waals surface area contributed by atoms with Crippen LogP contribution in [0.2, 0.25) is 0 Å². The molecule has 3 heteroatoms. The van der Waals surface area contributed by atoms with Crippen LogP contribution >= 0.6 is 0 Å². The molecule has 0 N–H and O–H groups in total. The van der Waals surface area contributed by atoms with Gasteiger partial charge < -0.3 is 0 Å². The number of Topliss-reactive ketones (excluding diaryl/α,β-unsaturated/α-hetero) is 3. The fourth-order valence-electron chi connectivity index (χ4n) is 1.90. The molecule has 0 bridgehead atoms. The third-order valence-electron chi connectivity index (χ3n) is 2.74. The molecule has 0 atom stereocenters. The predicted octanol–water partition coefficient (Wildman–Crippen LogP) is 1.79. The highest BCUT2D eigenvalue weighted by atomic mass is 16.2. The van der Waals surface area contributed by atoms with Gasteiger partial charge in [-0.15, -0.1) is 0 Å². The highest BCUT2D eigenvalue weighted by Gasteiger charge is 2.42. The zero-order valence-corrected chi connectivity index (χ0v) is 9.79. The fraction of sp³-hybridized carbons (Fsp3) is 0.750. The van der Waals surface area contributed by atoms with Crippen molar-refractivity contribution in [2.24, 2.45) is 17.3 Å². The molecule has 1 saturated carbocycles. The van der Waals surface area contributed by atoms with Gasteiger partial charge >= 0.3 is 0 Å². The molecule has 0 aromatic heterocycles. The van der Waals surface area contributed by atoms with Crippen LogP contribution in [0, 0.1) is 17.3 Å². The number of hydrogen-bond donors (Lipinski definition) is 0. The second kappa shape index (κ2) is 3.87.